The molecule has 0 saturated carbocycles. The van der Waals surface area contributed by atoms with Gasteiger partial charge in [0, 0.05) is 12.6 Å². The second kappa shape index (κ2) is 7.01. The van der Waals surface area contributed by atoms with E-state index in [1.54, 1.807) is 17.6 Å². The number of carbonyl (C=O) groups excluding carboxylic acids is 3. The molecule has 9 heteroatoms. The molecule has 150 valence electrons. The molecule has 2 heterocycles. The number of ketones is 3. The normalized spacial score (nSPS) is 11.0. The second-order valence-electron chi connectivity index (χ2n) is 6.75. The van der Waals surface area contributed by atoms with Crippen molar-refractivity contribution in [3.63, 3.8) is 0 Å². The first-order chi connectivity index (χ1) is 13.5. The quantitative estimate of drug-likeness (QED) is 0.379. The summed E-state index contributed by atoms with van der Waals surface area (Å²) >= 11 is 0. The predicted molar refractivity (Wildman–Crippen MR) is 103 cm³/mol. The fourth-order valence-electron chi connectivity index (χ4n) is 3.49. The minimum absolute atomic E-state index is 0.0409. The van der Waals surface area contributed by atoms with E-state index in [1.807, 2.05) is 0 Å². The lowest BCUT2D eigenvalue weighted by Crippen LogP contribution is -2.03. The Labute approximate surface area is 164 Å². The van der Waals surface area contributed by atoms with Crippen LogP contribution in [-0.4, -0.2) is 31.9 Å². The van der Waals surface area contributed by atoms with Crippen LogP contribution in [0.15, 0.2) is 22.6 Å². The van der Waals surface area contributed by atoms with Crippen LogP contribution in [0.4, 0.5) is 5.69 Å². The number of aromatic nitrogens is 1. The molecule has 0 aliphatic rings. The molecule has 0 radical (unpaired) electrons. The molecule has 3 aromatic rings. The number of rotatable bonds is 6. The number of phenolic OH excluding ortho intramolecular Hbond substituents is 1. The molecular formula is C20H18N2O7. The third-order valence-corrected chi connectivity index (χ3v) is 4.80. The predicted octanol–water partition coefficient (Wildman–Crippen LogP) is 3.81. The van der Waals surface area contributed by atoms with Gasteiger partial charge in [0.2, 0.25) is 5.75 Å². The molecule has 1 N–H and O–H groups in total. The molecule has 0 saturated heterocycles. The number of Topliss-reactive ketones (excluding diaryl/α,β-unsaturated/α-hetero) is 3. The van der Waals surface area contributed by atoms with E-state index >= 15 is 0 Å². The SMILES string of the molecule is CC(=O)c1ccc(Cn2c(C)c(C(C)=O)c3c([N+](=O)[O-])c(O)c(C(C)=O)cc32)o1. The van der Waals surface area contributed by atoms with Crippen LogP contribution in [0.3, 0.4) is 0 Å². The monoisotopic (exact) mass is 398 g/mol. The Morgan fingerprint density at radius 3 is 2.28 bits per heavy atom. The molecule has 3 rings (SSSR count). The molecule has 0 bridgehead atoms. The average Bonchev–Trinajstić information content (AvgIpc) is 3.17. The van der Waals surface area contributed by atoms with E-state index in [-0.39, 0.29) is 40.1 Å². The largest absolute Gasteiger partial charge is 0.502 e. The van der Waals surface area contributed by atoms with Crippen molar-refractivity contribution in [2.45, 2.75) is 34.2 Å². The van der Waals surface area contributed by atoms with Crippen LogP contribution >= 0.6 is 0 Å². The zero-order valence-corrected chi connectivity index (χ0v) is 16.2. The third-order valence-electron chi connectivity index (χ3n) is 4.80. The minimum atomic E-state index is -0.804. The van der Waals surface area contributed by atoms with Crippen molar-refractivity contribution >= 4 is 33.9 Å². The Morgan fingerprint density at radius 1 is 1.14 bits per heavy atom. The van der Waals surface area contributed by atoms with Gasteiger partial charge in [0.1, 0.15) is 5.76 Å². The Hall–Kier alpha value is -3.75. The lowest BCUT2D eigenvalue weighted by Gasteiger charge is -2.08. The molecule has 9 nitrogen and oxygen atoms in total. The summed E-state index contributed by atoms with van der Waals surface area (Å²) in [6.45, 7) is 5.49. The van der Waals surface area contributed by atoms with Crippen LogP contribution in [-0.2, 0) is 6.54 Å². The number of phenols is 1. The lowest BCUT2D eigenvalue weighted by molar-refractivity contribution is -0.384. The van der Waals surface area contributed by atoms with Gasteiger partial charge >= 0.3 is 5.69 Å². The van der Waals surface area contributed by atoms with E-state index in [9.17, 15) is 29.6 Å². The van der Waals surface area contributed by atoms with Crippen molar-refractivity contribution in [1.82, 2.24) is 4.57 Å². The summed E-state index contributed by atoms with van der Waals surface area (Å²) in [6.07, 6.45) is 0. The Morgan fingerprint density at radius 2 is 1.79 bits per heavy atom. The van der Waals surface area contributed by atoms with Crippen LogP contribution in [0.2, 0.25) is 0 Å². The molecule has 29 heavy (non-hydrogen) atoms. The van der Waals surface area contributed by atoms with Gasteiger partial charge in [0.25, 0.3) is 0 Å². The Balaban J connectivity index is 2.39. The van der Waals surface area contributed by atoms with Crippen LogP contribution in [0.1, 0.15) is 63.5 Å². The van der Waals surface area contributed by atoms with Gasteiger partial charge in [-0.05, 0) is 39.0 Å². The standard InChI is InChI=1S/C20H18N2O7/c1-9-17(12(4)25)18-15(7-14(10(2)23)20(26)19(18)22(27)28)21(9)8-13-5-6-16(29-13)11(3)24/h5-7,26H,8H2,1-4H3. The lowest BCUT2D eigenvalue weighted by atomic mass is 10.0. The summed E-state index contributed by atoms with van der Waals surface area (Å²) in [5.74, 6) is -1.45. The highest BCUT2D eigenvalue weighted by Crippen LogP contribution is 2.42. The van der Waals surface area contributed by atoms with Crippen LogP contribution < -0.4 is 0 Å². The van der Waals surface area contributed by atoms with Crippen LogP contribution in [0, 0.1) is 17.0 Å². The van der Waals surface area contributed by atoms with Crippen LogP contribution in [0.25, 0.3) is 10.9 Å². The first kappa shape index (κ1) is 20.0. The maximum atomic E-state index is 12.3. The molecule has 0 unspecified atom stereocenters. The molecule has 1 aromatic carbocycles. The number of nitro groups is 1. The maximum Gasteiger partial charge on any atom is 0.321 e. The molecule has 0 fully saturated rings. The van der Waals surface area contributed by atoms with Crippen molar-refractivity contribution in [2.75, 3.05) is 0 Å². The zero-order chi connectivity index (χ0) is 21.6. The summed E-state index contributed by atoms with van der Waals surface area (Å²) in [6, 6.07) is 4.43. The van der Waals surface area contributed by atoms with E-state index in [0.717, 1.165) is 0 Å². The number of nitro benzene ring substituents is 1. The van der Waals surface area contributed by atoms with Gasteiger partial charge in [-0.2, -0.15) is 0 Å². The summed E-state index contributed by atoms with van der Waals surface area (Å²) < 4.78 is 7.09. The number of furan rings is 1. The van der Waals surface area contributed by atoms with E-state index in [4.69, 9.17) is 4.42 Å². The highest BCUT2D eigenvalue weighted by atomic mass is 16.6. The van der Waals surface area contributed by atoms with Gasteiger partial charge in [0.15, 0.2) is 23.1 Å². The maximum absolute atomic E-state index is 12.3. The topological polar surface area (TPSA) is 133 Å². The van der Waals surface area contributed by atoms with Crippen molar-refractivity contribution in [3.8, 4) is 5.75 Å². The van der Waals surface area contributed by atoms with Gasteiger partial charge in [-0.25, -0.2) is 0 Å². The van der Waals surface area contributed by atoms with Crippen molar-refractivity contribution in [1.29, 1.82) is 0 Å². The number of fused-ring (bicyclic) bond motifs is 1. The second-order valence-corrected chi connectivity index (χ2v) is 6.75. The number of hydrogen-bond acceptors (Lipinski definition) is 7. The Kier molecular flexibility index (Phi) is 4.83. The Bertz CT molecular complexity index is 1210. The first-order valence-electron chi connectivity index (χ1n) is 8.69. The van der Waals surface area contributed by atoms with Gasteiger partial charge < -0.3 is 14.1 Å². The number of benzene rings is 1. The number of hydrogen-bond donors (Lipinski definition) is 1. The molecule has 2 aromatic heterocycles. The molecule has 0 amide bonds. The smallest absolute Gasteiger partial charge is 0.321 e. The number of aromatic hydroxyl groups is 1. The van der Waals surface area contributed by atoms with Gasteiger partial charge in [-0.15, -0.1) is 0 Å². The molecule has 0 aliphatic heterocycles. The minimum Gasteiger partial charge on any atom is -0.502 e. The van der Waals surface area contributed by atoms with Gasteiger partial charge in [-0.3, -0.25) is 24.5 Å². The highest BCUT2D eigenvalue weighted by Gasteiger charge is 2.31. The number of nitrogens with zero attached hydrogens (tertiary/aromatic N) is 2. The van der Waals surface area contributed by atoms with Crippen molar-refractivity contribution < 1.29 is 28.8 Å². The van der Waals surface area contributed by atoms with E-state index in [2.05, 4.69) is 0 Å². The van der Waals surface area contributed by atoms with Gasteiger partial charge in [-0.1, -0.05) is 0 Å². The summed E-state index contributed by atoms with van der Waals surface area (Å²) in [5, 5.41) is 22.0. The summed E-state index contributed by atoms with van der Waals surface area (Å²) in [4.78, 5) is 46.6. The average molecular weight is 398 g/mol. The first-order valence-corrected chi connectivity index (χ1v) is 8.69. The molecule has 0 aliphatic carbocycles. The molecular weight excluding hydrogens is 380 g/mol. The van der Waals surface area contributed by atoms with E-state index in [0.29, 0.717) is 11.5 Å². The highest BCUT2D eigenvalue weighted by molar-refractivity contribution is 6.15. The zero-order valence-electron chi connectivity index (χ0n) is 16.2. The third kappa shape index (κ3) is 3.20. The summed E-state index contributed by atoms with van der Waals surface area (Å²) in [5.41, 5.74) is -0.180. The van der Waals surface area contributed by atoms with E-state index in [1.165, 1.54) is 32.9 Å². The van der Waals surface area contributed by atoms with Crippen LogP contribution in [0.5, 0.6) is 5.75 Å². The van der Waals surface area contributed by atoms with Gasteiger partial charge in [0.05, 0.1) is 33.5 Å². The fraction of sp³-hybridized carbons (Fsp3) is 0.250. The molecule has 0 spiro atoms. The molecule has 0 atom stereocenters. The van der Waals surface area contributed by atoms with Crippen molar-refractivity contribution in [2.24, 2.45) is 0 Å². The fourth-order valence-corrected chi connectivity index (χ4v) is 3.49. The van der Waals surface area contributed by atoms with E-state index < -0.39 is 27.9 Å². The van der Waals surface area contributed by atoms with Crippen molar-refractivity contribution in [3.05, 3.63) is 56.7 Å². The summed E-state index contributed by atoms with van der Waals surface area (Å²) in [7, 11) is 0. The number of carbonyl (C=O) groups is 3.